The van der Waals surface area contributed by atoms with Gasteiger partial charge in [0.2, 0.25) is 0 Å². The minimum absolute atomic E-state index is 0.0189. The van der Waals surface area contributed by atoms with Gasteiger partial charge in [0.15, 0.2) is 0 Å². The number of rotatable bonds is 23. The second-order valence-corrected chi connectivity index (χ2v) is 9.62. The van der Waals surface area contributed by atoms with Crippen molar-refractivity contribution in [2.24, 2.45) is 0 Å². The molecule has 0 spiro atoms. The van der Waals surface area contributed by atoms with E-state index in [1.807, 2.05) is 0 Å². The van der Waals surface area contributed by atoms with Gasteiger partial charge in [0.05, 0.1) is 19.8 Å². The van der Waals surface area contributed by atoms with Crippen LogP contribution in [0, 0.1) is 0 Å². The minimum Gasteiger partial charge on any atom is -0.478 e. The summed E-state index contributed by atoms with van der Waals surface area (Å²) < 4.78 is 5.20. The lowest BCUT2D eigenvalue weighted by Gasteiger charge is -2.17. The van der Waals surface area contributed by atoms with Crippen molar-refractivity contribution < 1.29 is 34.8 Å². The Labute approximate surface area is 235 Å². The van der Waals surface area contributed by atoms with Gasteiger partial charge in [-0.1, -0.05) is 82.6 Å². The molecule has 0 saturated heterocycles. The van der Waals surface area contributed by atoms with Gasteiger partial charge in [0.25, 0.3) is 0 Å². The Morgan fingerprint density at radius 1 is 0.744 bits per heavy atom. The summed E-state index contributed by atoms with van der Waals surface area (Å²) in [6.07, 6.45) is 20.7. The van der Waals surface area contributed by atoms with Gasteiger partial charge in [-0.25, -0.2) is 4.79 Å². The highest BCUT2D eigenvalue weighted by Gasteiger charge is 2.13. The molecule has 8 nitrogen and oxygen atoms in total. The van der Waals surface area contributed by atoms with E-state index in [2.05, 4.69) is 19.1 Å². The van der Waals surface area contributed by atoms with Crippen LogP contribution in [0.1, 0.15) is 107 Å². The lowest BCUT2D eigenvalue weighted by molar-refractivity contribution is -0.134. The van der Waals surface area contributed by atoms with Crippen molar-refractivity contribution in [1.82, 2.24) is 4.90 Å². The van der Waals surface area contributed by atoms with E-state index < -0.39 is 5.97 Å². The fraction of sp³-hybridized carbons (Fsp3) is 0.677. The van der Waals surface area contributed by atoms with Crippen LogP contribution in [-0.4, -0.2) is 76.7 Å². The summed E-state index contributed by atoms with van der Waals surface area (Å²) in [5, 5.41) is 34.6. The SMILES string of the molecule is CCCCCCCC/C=C\CCCCCCCC(=O)Oc1ccccc1C(=O)O.OCCN(CCO)CCO. The van der Waals surface area contributed by atoms with Crippen molar-refractivity contribution in [2.45, 2.75) is 96.8 Å². The third-order valence-electron chi connectivity index (χ3n) is 6.23. The average Bonchev–Trinajstić information content (AvgIpc) is 2.92. The van der Waals surface area contributed by atoms with Crippen LogP contribution in [-0.2, 0) is 4.79 Å². The second kappa shape index (κ2) is 27.3. The fourth-order valence-electron chi connectivity index (χ4n) is 4.01. The molecule has 0 amide bonds. The fourth-order valence-corrected chi connectivity index (χ4v) is 4.01. The molecule has 0 aliphatic carbocycles. The number of carbonyl (C=O) groups excluding carboxylic acids is 1. The maximum atomic E-state index is 11.9. The number of hydrogen-bond acceptors (Lipinski definition) is 7. The van der Waals surface area contributed by atoms with Crippen LogP contribution in [0.5, 0.6) is 5.75 Å². The number of aromatic carboxylic acids is 1. The molecule has 1 aromatic rings. The smallest absolute Gasteiger partial charge is 0.339 e. The molecule has 0 aliphatic rings. The van der Waals surface area contributed by atoms with E-state index in [0.717, 1.165) is 25.7 Å². The first-order chi connectivity index (χ1) is 19.0. The van der Waals surface area contributed by atoms with Crippen molar-refractivity contribution in [1.29, 1.82) is 0 Å². The molecule has 8 heteroatoms. The van der Waals surface area contributed by atoms with Gasteiger partial charge in [0, 0.05) is 26.1 Å². The van der Waals surface area contributed by atoms with Crippen molar-refractivity contribution in [3.05, 3.63) is 42.0 Å². The van der Waals surface area contributed by atoms with E-state index in [0.29, 0.717) is 26.1 Å². The van der Waals surface area contributed by atoms with E-state index in [9.17, 15) is 9.59 Å². The number of nitrogens with zero attached hydrogens (tertiary/aromatic N) is 1. The maximum Gasteiger partial charge on any atom is 0.339 e. The van der Waals surface area contributed by atoms with Gasteiger partial charge in [-0.05, 0) is 44.2 Å². The highest BCUT2D eigenvalue weighted by atomic mass is 16.5. The zero-order valence-corrected chi connectivity index (χ0v) is 24.1. The molecule has 0 fully saturated rings. The molecule has 0 aliphatic heterocycles. The number of allylic oxidation sites excluding steroid dienone is 2. The molecule has 0 saturated carbocycles. The quantitative estimate of drug-likeness (QED) is 0.0600. The summed E-state index contributed by atoms with van der Waals surface area (Å²) in [7, 11) is 0. The van der Waals surface area contributed by atoms with E-state index >= 15 is 0 Å². The Kier molecular flexibility index (Phi) is 25.7. The molecule has 0 heterocycles. The molecule has 0 radical (unpaired) electrons. The standard InChI is InChI=1S/C25H38O4.C6H15NO3/c1-2-3-4-5-6-7-8-9-10-11-12-13-14-15-16-21-24(26)29-23-20-18-17-19-22(23)25(27)28;8-4-1-7(2-5-9)3-6-10/h9-10,17-20H,2-8,11-16,21H2,1H3,(H,27,28);8-10H,1-6H2/b10-9-;. The normalized spacial score (nSPS) is 11.0. The summed E-state index contributed by atoms with van der Waals surface area (Å²) in [4.78, 5) is 24.8. The molecule has 1 rings (SSSR count). The predicted octanol–water partition coefficient (Wildman–Crippen LogP) is 5.59. The molecule has 224 valence electrons. The highest BCUT2D eigenvalue weighted by molar-refractivity contribution is 5.91. The number of carboxylic acids is 1. The molecular formula is C31H53NO7. The molecule has 0 unspecified atom stereocenters. The van der Waals surface area contributed by atoms with Crippen molar-refractivity contribution in [2.75, 3.05) is 39.5 Å². The number of benzene rings is 1. The zero-order valence-electron chi connectivity index (χ0n) is 24.1. The molecule has 0 atom stereocenters. The van der Waals surface area contributed by atoms with Gasteiger partial charge in [0.1, 0.15) is 11.3 Å². The molecule has 0 aromatic heterocycles. The maximum absolute atomic E-state index is 11.9. The van der Waals surface area contributed by atoms with Gasteiger partial charge in [-0.3, -0.25) is 9.69 Å². The second-order valence-electron chi connectivity index (χ2n) is 9.62. The minimum atomic E-state index is -1.09. The van der Waals surface area contributed by atoms with Crippen LogP contribution in [0.3, 0.4) is 0 Å². The topological polar surface area (TPSA) is 128 Å². The summed E-state index contributed by atoms with van der Waals surface area (Å²) >= 11 is 0. The van der Waals surface area contributed by atoms with Crippen LogP contribution in [0.15, 0.2) is 36.4 Å². The number of ether oxygens (including phenoxy) is 1. The van der Waals surface area contributed by atoms with Crippen LogP contribution < -0.4 is 4.74 Å². The number of unbranched alkanes of at least 4 members (excludes halogenated alkanes) is 11. The number of para-hydroxylation sites is 1. The van der Waals surface area contributed by atoms with Crippen LogP contribution in [0.2, 0.25) is 0 Å². The first-order valence-electron chi connectivity index (χ1n) is 14.7. The highest BCUT2D eigenvalue weighted by Crippen LogP contribution is 2.19. The Balaban J connectivity index is 0.00000122. The first kappa shape index (κ1) is 36.7. The lowest BCUT2D eigenvalue weighted by atomic mass is 10.1. The van der Waals surface area contributed by atoms with Gasteiger partial charge >= 0.3 is 11.9 Å². The Morgan fingerprint density at radius 2 is 1.23 bits per heavy atom. The van der Waals surface area contributed by atoms with E-state index in [-0.39, 0.29) is 37.1 Å². The van der Waals surface area contributed by atoms with Gasteiger partial charge in [-0.2, -0.15) is 0 Å². The van der Waals surface area contributed by atoms with Crippen molar-refractivity contribution in [3.8, 4) is 5.75 Å². The summed E-state index contributed by atoms with van der Waals surface area (Å²) in [6.45, 7) is 4.00. The average molecular weight is 552 g/mol. The van der Waals surface area contributed by atoms with Gasteiger partial charge < -0.3 is 25.2 Å². The number of aliphatic hydroxyl groups is 3. The molecule has 0 bridgehead atoms. The summed E-state index contributed by atoms with van der Waals surface area (Å²) in [5.74, 6) is -1.33. The summed E-state index contributed by atoms with van der Waals surface area (Å²) in [5.41, 5.74) is 0.0189. The Morgan fingerprint density at radius 3 is 1.74 bits per heavy atom. The Bertz CT molecular complexity index is 740. The van der Waals surface area contributed by atoms with E-state index in [1.54, 1.807) is 17.0 Å². The largest absolute Gasteiger partial charge is 0.478 e. The first-order valence-corrected chi connectivity index (χ1v) is 14.7. The molecular weight excluding hydrogens is 498 g/mol. The number of hydrogen-bond donors (Lipinski definition) is 4. The molecule has 1 aromatic carbocycles. The molecule has 4 N–H and O–H groups in total. The van der Waals surface area contributed by atoms with Crippen molar-refractivity contribution >= 4 is 11.9 Å². The van der Waals surface area contributed by atoms with Gasteiger partial charge in [-0.15, -0.1) is 0 Å². The van der Waals surface area contributed by atoms with E-state index in [1.165, 1.54) is 69.9 Å². The summed E-state index contributed by atoms with van der Waals surface area (Å²) in [6, 6.07) is 6.23. The monoisotopic (exact) mass is 551 g/mol. The van der Waals surface area contributed by atoms with Crippen molar-refractivity contribution in [3.63, 3.8) is 0 Å². The number of esters is 1. The van der Waals surface area contributed by atoms with Crippen LogP contribution in [0.25, 0.3) is 0 Å². The van der Waals surface area contributed by atoms with Crippen LogP contribution in [0.4, 0.5) is 0 Å². The molecule has 39 heavy (non-hydrogen) atoms. The third kappa shape index (κ3) is 22.3. The number of carbonyl (C=O) groups is 2. The Hall–Kier alpha value is -2.26. The lowest BCUT2D eigenvalue weighted by Crippen LogP contribution is -2.32. The third-order valence-corrected chi connectivity index (χ3v) is 6.23. The number of carboxylic acid groups (broad SMARTS) is 1. The van der Waals surface area contributed by atoms with Crippen LogP contribution >= 0.6 is 0 Å². The van der Waals surface area contributed by atoms with E-state index in [4.69, 9.17) is 25.2 Å². The zero-order chi connectivity index (χ0) is 29.0. The number of aliphatic hydroxyl groups excluding tert-OH is 3. The predicted molar refractivity (Wildman–Crippen MR) is 156 cm³/mol.